The fourth-order valence-electron chi connectivity index (χ4n) is 3.25. The van der Waals surface area contributed by atoms with E-state index in [0.29, 0.717) is 32.8 Å². The number of nitrogens with one attached hydrogen (secondary N) is 1. The first-order valence-corrected chi connectivity index (χ1v) is 8.78. The number of rotatable bonds is 4. The van der Waals surface area contributed by atoms with Gasteiger partial charge in [-0.3, -0.25) is 14.5 Å². The van der Waals surface area contributed by atoms with E-state index in [0.717, 1.165) is 18.9 Å². The molecule has 2 aliphatic rings. The van der Waals surface area contributed by atoms with Crippen molar-refractivity contribution in [1.82, 2.24) is 9.80 Å². The van der Waals surface area contributed by atoms with Gasteiger partial charge in [0.15, 0.2) is 0 Å². The Labute approximate surface area is 150 Å². The first kappa shape index (κ1) is 18.1. The van der Waals surface area contributed by atoms with Crippen molar-refractivity contribution in [3.05, 3.63) is 29.0 Å². The number of hydrogen-bond acceptors (Lipinski definition) is 4. The minimum atomic E-state index is -0.580. The standard InChI is InChI=1S/C17H21ClFN3O3/c18-12-3-4-14(13(19)10-12)20-16(23)11-22-5-1-2-15(22)17(24)21-6-8-25-9-7-21/h3-4,10,15H,1-2,5-9,11H2,(H,20,23)/t15-/m0/s1. The lowest BCUT2D eigenvalue weighted by Crippen LogP contribution is -2.50. The zero-order valence-electron chi connectivity index (χ0n) is 13.8. The second kappa shape index (κ2) is 8.12. The maximum atomic E-state index is 13.8. The van der Waals surface area contributed by atoms with E-state index in [2.05, 4.69) is 5.32 Å². The molecule has 136 valence electrons. The van der Waals surface area contributed by atoms with Crippen molar-refractivity contribution < 1.29 is 18.7 Å². The number of hydrogen-bond donors (Lipinski definition) is 1. The fraction of sp³-hybridized carbons (Fsp3) is 0.529. The molecule has 1 aromatic rings. The molecular formula is C17H21ClFN3O3. The van der Waals surface area contributed by atoms with Gasteiger partial charge in [0, 0.05) is 18.1 Å². The molecule has 2 fully saturated rings. The number of benzene rings is 1. The van der Waals surface area contributed by atoms with Crippen LogP contribution in [0.15, 0.2) is 18.2 Å². The summed E-state index contributed by atoms with van der Waals surface area (Å²) in [5.41, 5.74) is 0.0876. The molecule has 2 aliphatic heterocycles. The highest BCUT2D eigenvalue weighted by Crippen LogP contribution is 2.21. The van der Waals surface area contributed by atoms with Crippen LogP contribution in [0.4, 0.5) is 10.1 Å². The number of halogens is 2. The predicted octanol–water partition coefficient (Wildman–Crippen LogP) is 1.74. The molecule has 2 saturated heterocycles. The number of amides is 2. The smallest absolute Gasteiger partial charge is 0.240 e. The third kappa shape index (κ3) is 4.48. The monoisotopic (exact) mass is 369 g/mol. The van der Waals surface area contributed by atoms with Gasteiger partial charge in [-0.2, -0.15) is 0 Å². The van der Waals surface area contributed by atoms with Crippen LogP contribution < -0.4 is 5.32 Å². The normalized spacial score (nSPS) is 21.4. The first-order valence-electron chi connectivity index (χ1n) is 8.40. The molecule has 0 aliphatic carbocycles. The summed E-state index contributed by atoms with van der Waals surface area (Å²) in [6.45, 7) is 3.01. The van der Waals surface area contributed by atoms with Crippen molar-refractivity contribution in [3.8, 4) is 0 Å². The van der Waals surface area contributed by atoms with Gasteiger partial charge in [0.05, 0.1) is 31.5 Å². The average molecular weight is 370 g/mol. The summed E-state index contributed by atoms with van der Waals surface area (Å²) < 4.78 is 19.1. The molecule has 2 heterocycles. The summed E-state index contributed by atoms with van der Waals surface area (Å²) in [7, 11) is 0. The minimum absolute atomic E-state index is 0.0475. The van der Waals surface area contributed by atoms with Crippen LogP contribution in [-0.2, 0) is 14.3 Å². The molecule has 25 heavy (non-hydrogen) atoms. The summed E-state index contributed by atoms with van der Waals surface area (Å²) in [4.78, 5) is 28.6. The van der Waals surface area contributed by atoms with Crippen LogP contribution in [0.5, 0.6) is 0 Å². The Morgan fingerprint density at radius 2 is 2.04 bits per heavy atom. The van der Waals surface area contributed by atoms with Crippen molar-refractivity contribution in [3.63, 3.8) is 0 Å². The predicted molar refractivity (Wildman–Crippen MR) is 92.0 cm³/mol. The van der Waals surface area contributed by atoms with E-state index < -0.39 is 5.82 Å². The molecule has 8 heteroatoms. The van der Waals surface area contributed by atoms with E-state index in [1.54, 1.807) is 4.90 Å². The lowest BCUT2D eigenvalue weighted by molar-refractivity contribution is -0.140. The third-order valence-corrected chi connectivity index (χ3v) is 4.76. The Morgan fingerprint density at radius 3 is 2.76 bits per heavy atom. The Morgan fingerprint density at radius 1 is 1.28 bits per heavy atom. The van der Waals surface area contributed by atoms with Gasteiger partial charge in [-0.1, -0.05) is 11.6 Å². The molecule has 1 N–H and O–H groups in total. The lowest BCUT2D eigenvalue weighted by Gasteiger charge is -2.32. The Bertz CT molecular complexity index is 652. The molecule has 0 spiro atoms. The van der Waals surface area contributed by atoms with E-state index in [9.17, 15) is 14.0 Å². The molecule has 2 amide bonds. The second-order valence-electron chi connectivity index (χ2n) is 6.24. The largest absolute Gasteiger partial charge is 0.378 e. The maximum Gasteiger partial charge on any atom is 0.240 e. The number of carbonyl (C=O) groups excluding carboxylic acids is 2. The highest BCUT2D eigenvalue weighted by molar-refractivity contribution is 6.30. The summed E-state index contributed by atoms with van der Waals surface area (Å²) in [5.74, 6) is -0.877. The molecular weight excluding hydrogens is 349 g/mol. The van der Waals surface area contributed by atoms with Gasteiger partial charge < -0.3 is 15.0 Å². The van der Waals surface area contributed by atoms with Crippen LogP contribution in [-0.4, -0.2) is 67.0 Å². The van der Waals surface area contributed by atoms with Gasteiger partial charge in [-0.15, -0.1) is 0 Å². The van der Waals surface area contributed by atoms with Gasteiger partial charge in [0.2, 0.25) is 11.8 Å². The molecule has 0 unspecified atom stereocenters. The molecule has 0 radical (unpaired) electrons. The highest BCUT2D eigenvalue weighted by Gasteiger charge is 2.35. The number of morpholine rings is 1. The number of nitrogens with zero attached hydrogens (tertiary/aromatic N) is 2. The Hall–Kier alpha value is -1.70. The van der Waals surface area contributed by atoms with Crippen LogP contribution in [0.2, 0.25) is 5.02 Å². The van der Waals surface area contributed by atoms with Gasteiger partial charge in [-0.05, 0) is 37.6 Å². The molecule has 1 atom stereocenters. The van der Waals surface area contributed by atoms with Crippen LogP contribution in [0.1, 0.15) is 12.8 Å². The Balaban J connectivity index is 1.58. The molecule has 0 aromatic heterocycles. The number of anilines is 1. The summed E-state index contributed by atoms with van der Waals surface area (Å²) in [6, 6.07) is 3.80. The van der Waals surface area contributed by atoms with Crippen LogP contribution in [0.3, 0.4) is 0 Å². The molecule has 0 saturated carbocycles. The van der Waals surface area contributed by atoms with Gasteiger partial charge in [0.25, 0.3) is 0 Å². The van der Waals surface area contributed by atoms with Crippen molar-refractivity contribution in [2.75, 3.05) is 44.7 Å². The van der Waals surface area contributed by atoms with E-state index in [4.69, 9.17) is 16.3 Å². The van der Waals surface area contributed by atoms with Gasteiger partial charge in [-0.25, -0.2) is 4.39 Å². The van der Waals surface area contributed by atoms with Gasteiger partial charge in [0.1, 0.15) is 5.82 Å². The van der Waals surface area contributed by atoms with Crippen molar-refractivity contribution in [2.24, 2.45) is 0 Å². The molecule has 1 aromatic carbocycles. The van der Waals surface area contributed by atoms with Crippen LogP contribution >= 0.6 is 11.6 Å². The lowest BCUT2D eigenvalue weighted by atomic mass is 10.2. The molecule has 3 rings (SSSR count). The fourth-order valence-corrected chi connectivity index (χ4v) is 3.41. The quantitative estimate of drug-likeness (QED) is 0.878. The summed E-state index contributed by atoms with van der Waals surface area (Å²) in [6.07, 6.45) is 1.60. The van der Waals surface area contributed by atoms with E-state index in [-0.39, 0.29) is 35.1 Å². The average Bonchev–Trinajstić information content (AvgIpc) is 3.05. The van der Waals surface area contributed by atoms with Crippen LogP contribution in [0, 0.1) is 5.82 Å². The van der Waals surface area contributed by atoms with Gasteiger partial charge >= 0.3 is 0 Å². The topological polar surface area (TPSA) is 61.9 Å². The summed E-state index contributed by atoms with van der Waals surface area (Å²) in [5, 5.41) is 2.81. The number of carbonyl (C=O) groups is 2. The second-order valence-corrected chi connectivity index (χ2v) is 6.67. The number of likely N-dealkylation sites (tertiary alicyclic amines) is 1. The van der Waals surface area contributed by atoms with E-state index in [1.807, 2.05) is 4.90 Å². The SMILES string of the molecule is O=C(CN1CCC[C@H]1C(=O)N1CCOCC1)Nc1ccc(Cl)cc1F. The van der Waals surface area contributed by atoms with E-state index >= 15 is 0 Å². The van der Waals surface area contributed by atoms with Crippen LogP contribution in [0.25, 0.3) is 0 Å². The zero-order chi connectivity index (χ0) is 17.8. The van der Waals surface area contributed by atoms with Crippen molar-refractivity contribution in [1.29, 1.82) is 0 Å². The molecule has 0 bridgehead atoms. The number of ether oxygens (including phenoxy) is 1. The summed E-state index contributed by atoms with van der Waals surface area (Å²) >= 11 is 5.71. The first-order chi connectivity index (χ1) is 12.0. The van der Waals surface area contributed by atoms with Crippen molar-refractivity contribution in [2.45, 2.75) is 18.9 Å². The highest BCUT2D eigenvalue weighted by atomic mass is 35.5. The zero-order valence-corrected chi connectivity index (χ0v) is 14.6. The molecule has 6 nitrogen and oxygen atoms in total. The van der Waals surface area contributed by atoms with E-state index in [1.165, 1.54) is 12.1 Å². The van der Waals surface area contributed by atoms with Crippen molar-refractivity contribution >= 4 is 29.1 Å². The third-order valence-electron chi connectivity index (χ3n) is 4.52. The Kier molecular flexibility index (Phi) is 5.88. The minimum Gasteiger partial charge on any atom is -0.378 e. The maximum absolute atomic E-state index is 13.8.